The Hall–Kier alpha value is -6.64. The number of nitrogens with zero attached hydrogens (tertiary/aromatic N) is 1. The molecule has 0 N–H and O–H groups in total. The summed E-state index contributed by atoms with van der Waals surface area (Å²) in [6.45, 7) is 0. The summed E-state index contributed by atoms with van der Waals surface area (Å²) >= 11 is 0. The second-order valence-corrected chi connectivity index (χ2v) is 12.9. The van der Waals surface area contributed by atoms with Crippen LogP contribution in [0.15, 0.2) is 192 Å². The quantitative estimate of drug-likeness (QED) is 0.187. The minimum absolute atomic E-state index is 0.896. The summed E-state index contributed by atoms with van der Waals surface area (Å²) in [7, 11) is 0. The van der Waals surface area contributed by atoms with Crippen LogP contribution in [0.5, 0.6) is 0 Å². The average Bonchev–Trinajstić information content (AvgIpc) is 3.58. The molecule has 0 aliphatic rings. The van der Waals surface area contributed by atoms with E-state index in [0.29, 0.717) is 0 Å². The van der Waals surface area contributed by atoms with E-state index in [1.54, 1.807) is 0 Å². The largest absolute Gasteiger partial charge is 0.455 e. The lowest BCUT2D eigenvalue weighted by Crippen LogP contribution is -2.10. The van der Waals surface area contributed by atoms with Crippen LogP contribution >= 0.6 is 0 Å². The molecule has 0 fully saturated rings. The van der Waals surface area contributed by atoms with Gasteiger partial charge in [-0.2, -0.15) is 0 Å². The molecule has 0 saturated carbocycles. The predicted molar refractivity (Wildman–Crippen MR) is 212 cm³/mol. The van der Waals surface area contributed by atoms with Crippen molar-refractivity contribution in [3.05, 3.63) is 188 Å². The Morgan fingerprint density at radius 2 is 0.900 bits per heavy atom. The molecule has 9 aromatic carbocycles. The maximum absolute atomic E-state index is 6.57. The number of rotatable bonds is 5. The van der Waals surface area contributed by atoms with Gasteiger partial charge in [-0.3, -0.25) is 0 Å². The van der Waals surface area contributed by atoms with E-state index < -0.39 is 0 Å². The van der Waals surface area contributed by atoms with Crippen molar-refractivity contribution >= 4 is 71.3 Å². The first-order valence-corrected chi connectivity index (χ1v) is 17.1. The van der Waals surface area contributed by atoms with Gasteiger partial charge in [-0.05, 0) is 86.3 Å². The molecule has 10 rings (SSSR count). The summed E-state index contributed by atoms with van der Waals surface area (Å²) in [5.41, 5.74) is 9.85. The molecule has 0 aliphatic carbocycles. The van der Waals surface area contributed by atoms with E-state index in [2.05, 4.69) is 193 Å². The molecule has 234 valence electrons. The highest BCUT2D eigenvalue weighted by Gasteiger charge is 2.19. The number of fused-ring (bicyclic) bond motifs is 7. The summed E-state index contributed by atoms with van der Waals surface area (Å²) < 4.78 is 6.57. The number of hydrogen-bond acceptors (Lipinski definition) is 2. The normalized spacial score (nSPS) is 11.6. The highest BCUT2D eigenvalue weighted by atomic mass is 16.3. The predicted octanol–water partition coefficient (Wildman–Crippen LogP) is 13.8. The van der Waals surface area contributed by atoms with E-state index in [0.717, 1.165) is 55.5 Å². The first-order valence-electron chi connectivity index (χ1n) is 17.1. The molecule has 0 radical (unpaired) electrons. The van der Waals surface area contributed by atoms with Crippen molar-refractivity contribution in [3.8, 4) is 22.3 Å². The van der Waals surface area contributed by atoms with Crippen LogP contribution in [0.1, 0.15) is 0 Å². The van der Waals surface area contributed by atoms with Gasteiger partial charge < -0.3 is 9.32 Å². The van der Waals surface area contributed by atoms with Crippen LogP contribution in [0.4, 0.5) is 17.1 Å². The van der Waals surface area contributed by atoms with E-state index in [4.69, 9.17) is 4.42 Å². The summed E-state index contributed by atoms with van der Waals surface area (Å²) in [4.78, 5) is 2.40. The van der Waals surface area contributed by atoms with Crippen molar-refractivity contribution in [1.29, 1.82) is 0 Å². The topological polar surface area (TPSA) is 16.4 Å². The van der Waals surface area contributed by atoms with Crippen LogP contribution in [0.25, 0.3) is 76.5 Å². The molecular formula is C48H31NO. The van der Waals surface area contributed by atoms with Gasteiger partial charge in [-0.25, -0.2) is 0 Å². The third-order valence-electron chi connectivity index (χ3n) is 10.0. The van der Waals surface area contributed by atoms with Gasteiger partial charge >= 0.3 is 0 Å². The van der Waals surface area contributed by atoms with E-state index in [-0.39, 0.29) is 0 Å². The van der Waals surface area contributed by atoms with E-state index in [9.17, 15) is 0 Å². The standard InChI is InChI=1S/C48H31NO/c1-4-21-39-32(12-1)15-9-24-40(39)35-17-7-19-37(30-35)49(45-26-10-16-33-13-2-5-22-41(33)45)38-20-8-18-36(31-38)42-25-11-27-46-47(42)44-29-28-34-14-3-6-23-43(34)48(44)50-46/h1-31H. The number of furan rings is 1. The molecule has 2 nitrogen and oxygen atoms in total. The Labute approximate surface area is 290 Å². The van der Waals surface area contributed by atoms with Gasteiger partial charge in [-0.15, -0.1) is 0 Å². The van der Waals surface area contributed by atoms with Crippen molar-refractivity contribution in [2.75, 3.05) is 4.90 Å². The van der Waals surface area contributed by atoms with Crippen LogP contribution < -0.4 is 4.90 Å². The summed E-state index contributed by atoms with van der Waals surface area (Å²) in [5.74, 6) is 0. The summed E-state index contributed by atoms with van der Waals surface area (Å²) in [6.07, 6.45) is 0. The molecule has 0 saturated heterocycles. The minimum atomic E-state index is 0.896. The Morgan fingerprint density at radius 1 is 0.360 bits per heavy atom. The van der Waals surface area contributed by atoms with Crippen molar-refractivity contribution in [3.63, 3.8) is 0 Å². The fourth-order valence-corrected chi connectivity index (χ4v) is 7.73. The zero-order valence-electron chi connectivity index (χ0n) is 27.3. The van der Waals surface area contributed by atoms with Gasteiger partial charge in [0.2, 0.25) is 0 Å². The highest BCUT2D eigenvalue weighted by Crippen LogP contribution is 2.44. The molecule has 1 aromatic heterocycles. The van der Waals surface area contributed by atoms with Crippen molar-refractivity contribution in [1.82, 2.24) is 0 Å². The van der Waals surface area contributed by atoms with E-state index in [1.807, 2.05) is 0 Å². The lowest BCUT2D eigenvalue weighted by molar-refractivity contribution is 0.673. The van der Waals surface area contributed by atoms with Crippen LogP contribution in [0.2, 0.25) is 0 Å². The van der Waals surface area contributed by atoms with Crippen molar-refractivity contribution < 1.29 is 4.42 Å². The first-order chi connectivity index (χ1) is 24.8. The average molecular weight is 638 g/mol. The molecule has 2 heteroatoms. The Balaban J connectivity index is 1.19. The van der Waals surface area contributed by atoms with Crippen LogP contribution in [-0.4, -0.2) is 0 Å². The first kappa shape index (κ1) is 28.4. The molecule has 0 amide bonds. The molecule has 0 unspecified atom stereocenters. The number of hydrogen-bond donors (Lipinski definition) is 0. The van der Waals surface area contributed by atoms with Crippen LogP contribution in [0.3, 0.4) is 0 Å². The molecular weight excluding hydrogens is 607 g/mol. The van der Waals surface area contributed by atoms with Gasteiger partial charge in [0.15, 0.2) is 0 Å². The molecule has 10 aromatic rings. The molecule has 0 aliphatic heterocycles. The summed E-state index contributed by atoms with van der Waals surface area (Å²) in [5, 5.41) is 9.48. The monoisotopic (exact) mass is 637 g/mol. The minimum Gasteiger partial charge on any atom is -0.455 e. The number of anilines is 3. The number of benzene rings is 9. The third kappa shape index (κ3) is 4.57. The van der Waals surface area contributed by atoms with Crippen molar-refractivity contribution in [2.24, 2.45) is 0 Å². The zero-order valence-corrected chi connectivity index (χ0v) is 27.3. The Bertz CT molecular complexity index is 2890. The maximum atomic E-state index is 6.57. The van der Waals surface area contributed by atoms with E-state index >= 15 is 0 Å². The smallest absolute Gasteiger partial charge is 0.143 e. The van der Waals surface area contributed by atoms with Gasteiger partial charge in [0.1, 0.15) is 11.2 Å². The van der Waals surface area contributed by atoms with Gasteiger partial charge in [-0.1, -0.05) is 146 Å². The SMILES string of the molecule is c1cc(-c2cccc3ccccc23)cc(N(c2cccc(-c3cccc4oc5c6ccccc6ccc5c34)c2)c2cccc3ccccc23)c1. The second-order valence-electron chi connectivity index (χ2n) is 12.9. The van der Waals surface area contributed by atoms with Gasteiger partial charge in [0, 0.05) is 32.9 Å². The fourth-order valence-electron chi connectivity index (χ4n) is 7.73. The highest BCUT2D eigenvalue weighted by molar-refractivity contribution is 6.19. The van der Waals surface area contributed by atoms with Crippen LogP contribution in [-0.2, 0) is 0 Å². The van der Waals surface area contributed by atoms with Gasteiger partial charge in [0.05, 0.1) is 5.69 Å². The third-order valence-corrected chi connectivity index (χ3v) is 10.0. The van der Waals surface area contributed by atoms with E-state index in [1.165, 1.54) is 38.1 Å². The lowest BCUT2D eigenvalue weighted by atomic mass is 9.96. The van der Waals surface area contributed by atoms with Crippen molar-refractivity contribution in [2.45, 2.75) is 0 Å². The van der Waals surface area contributed by atoms with Crippen LogP contribution in [0, 0.1) is 0 Å². The molecule has 0 atom stereocenters. The Kier molecular flexibility index (Phi) is 6.53. The zero-order chi connectivity index (χ0) is 33.0. The Morgan fingerprint density at radius 3 is 1.66 bits per heavy atom. The fraction of sp³-hybridized carbons (Fsp3) is 0. The maximum Gasteiger partial charge on any atom is 0.143 e. The lowest BCUT2D eigenvalue weighted by Gasteiger charge is -2.28. The molecule has 1 heterocycles. The second kappa shape index (κ2) is 11.5. The summed E-state index contributed by atoms with van der Waals surface area (Å²) in [6, 6.07) is 67.5. The molecule has 0 bridgehead atoms. The molecule has 0 spiro atoms. The van der Waals surface area contributed by atoms with Gasteiger partial charge in [0.25, 0.3) is 0 Å². The molecule has 50 heavy (non-hydrogen) atoms.